The molecule has 1 fully saturated rings. The molecule has 6 nitrogen and oxygen atoms in total. The molecule has 34 heavy (non-hydrogen) atoms. The molecule has 4 atom stereocenters. The molecule has 1 aromatic carbocycles. The summed E-state index contributed by atoms with van der Waals surface area (Å²) in [7, 11) is 0. The van der Waals surface area contributed by atoms with E-state index in [1.807, 2.05) is 32.9 Å². The van der Waals surface area contributed by atoms with Crippen molar-refractivity contribution >= 4 is 23.4 Å². The molecule has 6 heteroatoms. The third-order valence-electron chi connectivity index (χ3n) is 7.81. The Hall–Kier alpha value is -3.28. The number of rotatable bonds is 1. The number of allylic oxidation sites excluding steroid dienone is 6. The molecule has 2 amide bonds. The van der Waals surface area contributed by atoms with Gasteiger partial charge in [0.25, 0.3) is 0 Å². The highest BCUT2D eigenvalue weighted by Gasteiger charge is 2.58. The number of benzene rings is 1. The van der Waals surface area contributed by atoms with E-state index < -0.39 is 23.3 Å². The number of hydrogen-bond donors (Lipinski definition) is 1. The molecule has 0 radical (unpaired) electrons. The SMILES string of the molecule is CC1=CC(=O)C2=C(C[C@@H]3C(=CC[C@@H]4C(=O)N(C(C)(C)C)C(=O)[C@@H]43)[C@@H]2c2cccc(C)c2O)C1=O. The molecule has 0 aromatic heterocycles. The minimum Gasteiger partial charge on any atom is -0.507 e. The van der Waals surface area contributed by atoms with Gasteiger partial charge in [-0.05, 0) is 65.0 Å². The number of hydrogen-bond acceptors (Lipinski definition) is 5. The first kappa shape index (κ1) is 22.5. The van der Waals surface area contributed by atoms with E-state index in [1.165, 1.54) is 11.0 Å². The molecule has 0 saturated carbocycles. The molecule has 4 aliphatic rings. The summed E-state index contributed by atoms with van der Waals surface area (Å²) >= 11 is 0. The fraction of sp³-hybridized carbons (Fsp3) is 0.429. The number of fused-ring (bicyclic) bond motifs is 3. The number of Topliss-reactive ketones (excluding diaryl/α,β-unsaturated/α-hetero) is 1. The van der Waals surface area contributed by atoms with Gasteiger partial charge in [-0.3, -0.25) is 24.1 Å². The van der Waals surface area contributed by atoms with Gasteiger partial charge >= 0.3 is 0 Å². The van der Waals surface area contributed by atoms with Gasteiger partial charge in [0.15, 0.2) is 11.6 Å². The van der Waals surface area contributed by atoms with Crippen LogP contribution in [0.3, 0.4) is 0 Å². The minimum atomic E-state index is -0.644. The second-order valence-corrected chi connectivity index (χ2v) is 10.9. The summed E-state index contributed by atoms with van der Waals surface area (Å²) in [6, 6.07) is 5.39. The van der Waals surface area contributed by atoms with Crippen molar-refractivity contribution in [2.75, 3.05) is 0 Å². The summed E-state index contributed by atoms with van der Waals surface area (Å²) in [5.41, 5.74) is 2.61. The number of carbonyl (C=O) groups is 4. The lowest BCUT2D eigenvalue weighted by Gasteiger charge is -2.42. The summed E-state index contributed by atoms with van der Waals surface area (Å²) < 4.78 is 0. The fourth-order valence-corrected chi connectivity index (χ4v) is 6.31. The Morgan fingerprint density at radius 3 is 2.38 bits per heavy atom. The zero-order valence-electron chi connectivity index (χ0n) is 20.1. The van der Waals surface area contributed by atoms with Crippen LogP contribution in [0.4, 0.5) is 0 Å². The molecule has 0 unspecified atom stereocenters. The van der Waals surface area contributed by atoms with Crippen molar-refractivity contribution in [2.45, 2.75) is 58.9 Å². The zero-order valence-corrected chi connectivity index (χ0v) is 20.1. The van der Waals surface area contributed by atoms with Gasteiger partial charge in [0.1, 0.15) is 5.75 Å². The maximum absolute atomic E-state index is 13.6. The van der Waals surface area contributed by atoms with Crippen LogP contribution < -0.4 is 0 Å². The molecule has 1 aromatic rings. The van der Waals surface area contributed by atoms with Crippen molar-refractivity contribution in [3.63, 3.8) is 0 Å². The van der Waals surface area contributed by atoms with Gasteiger partial charge < -0.3 is 5.11 Å². The van der Waals surface area contributed by atoms with Crippen LogP contribution in [-0.2, 0) is 19.2 Å². The number of carbonyl (C=O) groups excluding carboxylic acids is 4. The van der Waals surface area contributed by atoms with Gasteiger partial charge in [-0.2, -0.15) is 0 Å². The second kappa shape index (κ2) is 7.36. The number of phenols is 1. The summed E-state index contributed by atoms with van der Waals surface area (Å²) in [6.45, 7) is 8.96. The zero-order chi connectivity index (χ0) is 24.7. The van der Waals surface area contributed by atoms with E-state index in [0.29, 0.717) is 34.3 Å². The quantitative estimate of drug-likeness (QED) is 0.390. The molecular weight excluding hydrogens is 430 g/mol. The maximum atomic E-state index is 13.6. The van der Waals surface area contributed by atoms with Crippen molar-refractivity contribution < 1.29 is 24.3 Å². The maximum Gasteiger partial charge on any atom is 0.234 e. The van der Waals surface area contributed by atoms with Crippen LogP contribution in [0.25, 0.3) is 0 Å². The van der Waals surface area contributed by atoms with Crippen LogP contribution >= 0.6 is 0 Å². The molecular formula is C28H29NO5. The van der Waals surface area contributed by atoms with Crippen LogP contribution in [0.15, 0.2) is 52.6 Å². The third-order valence-corrected chi connectivity index (χ3v) is 7.81. The van der Waals surface area contributed by atoms with Crippen molar-refractivity contribution in [1.82, 2.24) is 4.90 Å². The molecule has 3 aliphatic carbocycles. The predicted molar refractivity (Wildman–Crippen MR) is 126 cm³/mol. The monoisotopic (exact) mass is 459 g/mol. The number of nitrogens with zero attached hydrogens (tertiary/aromatic N) is 1. The van der Waals surface area contributed by atoms with E-state index in [4.69, 9.17) is 0 Å². The molecule has 1 heterocycles. The van der Waals surface area contributed by atoms with Gasteiger partial charge in [0.05, 0.1) is 11.8 Å². The smallest absolute Gasteiger partial charge is 0.234 e. The number of aromatic hydroxyl groups is 1. The Morgan fingerprint density at radius 1 is 1.00 bits per heavy atom. The first-order valence-corrected chi connectivity index (χ1v) is 11.8. The molecule has 1 N–H and O–H groups in total. The first-order valence-electron chi connectivity index (χ1n) is 11.8. The fourth-order valence-electron chi connectivity index (χ4n) is 6.31. The Kier molecular flexibility index (Phi) is 4.87. The molecule has 0 bridgehead atoms. The van der Waals surface area contributed by atoms with Gasteiger partial charge in [-0.25, -0.2) is 0 Å². The van der Waals surface area contributed by atoms with E-state index in [-0.39, 0.29) is 41.5 Å². The van der Waals surface area contributed by atoms with Gasteiger partial charge in [-0.15, -0.1) is 0 Å². The number of phenolic OH excluding ortho intramolecular Hbond substituents is 1. The number of imide groups is 1. The number of aryl methyl sites for hydroxylation is 1. The van der Waals surface area contributed by atoms with Crippen LogP contribution in [-0.4, -0.2) is 38.9 Å². The topological polar surface area (TPSA) is 91.8 Å². The van der Waals surface area contributed by atoms with Gasteiger partial charge in [-0.1, -0.05) is 29.8 Å². The number of amides is 2. The second-order valence-electron chi connectivity index (χ2n) is 10.9. The minimum absolute atomic E-state index is 0.0830. The predicted octanol–water partition coefficient (Wildman–Crippen LogP) is 3.93. The summed E-state index contributed by atoms with van der Waals surface area (Å²) in [4.78, 5) is 54.8. The van der Waals surface area contributed by atoms with Crippen LogP contribution in [0, 0.1) is 24.7 Å². The highest BCUT2D eigenvalue weighted by atomic mass is 16.3. The summed E-state index contributed by atoms with van der Waals surface area (Å²) in [6.07, 6.45) is 4.00. The standard InChI is InChI=1S/C28H29NO5/c1-13-7-6-8-16(24(13)31)21-15-9-10-17-22(27(34)29(26(17)33)28(3,4)5)18(15)12-19-23(21)20(30)11-14(2)25(19)32/h6-9,11,17-18,21-22,31H,10,12H2,1-5H3/t17-,18+,21+,22-/m0/s1. The molecule has 5 rings (SSSR count). The number of likely N-dealkylation sites (tertiary alicyclic amines) is 1. The van der Waals surface area contributed by atoms with Crippen LogP contribution in [0.1, 0.15) is 57.6 Å². The average Bonchev–Trinajstić information content (AvgIpc) is 3.03. The lowest BCUT2D eigenvalue weighted by molar-refractivity contribution is -0.145. The average molecular weight is 460 g/mol. The molecule has 176 valence electrons. The normalized spacial score (nSPS) is 29.0. The van der Waals surface area contributed by atoms with Gasteiger partial charge in [0, 0.05) is 33.7 Å². The van der Waals surface area contributed by atoms with Crippen molar-refractivity contribution in [3.8, 4) is 5.75 Å². The molecule has 0 spiro atoms. The van der Waals surface area contributed by atoms with Crippen molar-refractivity contribution in [3.05, 3.63) is 63.8 Å². The Labute approximate surface area is 199 Å². The van der Waals surface area contributed by atoms with E-state index in [0.717, 1.165) is 5.57 Å². The molecule has 1 aliphatic heterocycles. The van der Waals surface area contributed by atoms with Crippen molar-refractivity contribution in [1.29, 1.82) is 0 Å². The highest BCUT2D eigenvalue weighted by molar-refractivity contribution is 6.23. The summed E-state index contributed by atoms with van der Waals surface area (Å²) in [5.74, 6) is -2.78. The van der Waals surface area contributed by atoms with E-state index in [2.05, 4.69) is 0 Å². The van der Waals surface area contributed by atoms with Crippen LogP contribution in [0.2, 0.25) is 0 Å². The lowest BCUT2D eigenvalue weighted by Crippen LogP contribution is -2.46. The third kappa shape index (κ3) is 3.00. The number of ketones is 2. The first-order chi connectivity index (χ1) is 15.9. The summed E-state index contributed by atoms with van der Waals surface area (Å²) in [5, 5.41) is 11.0. The Morgan fingerprint density at radius 2 is 1.71 bits per heavy atom. The van der Waals surface area contributed by atoms with E-state index >= 15 is 0 Å². The largest absolute Gasteiger partial charge is 0.507 e. The number of para-hydroxylation sites is 1. The van der Waals surface area contributed by atoms with Crippen LogP contribution in [0.5, 0.6) is 5.75 Å². The van der Waals surface area contributed by atoms with Gasteiger partial charge in [0.2, 0.25) is 11.8 Å². The Bertz CT molecular complexity index is 1270. The van der Waals surface area contributed by atoms with Crippen molar-refractivity contribution in [2.24, 2.45) is 17.8 Å². The van der Waals surface area contributed by atoms with E-state index in [9.17, 15) is 24.3 Å². The Balaban J connectivity index is 1.71. The highest BCUT2D eigenvalue weighted by Crippen LogP contribution is 2.56. The molecule has 1 saturated heterocycles. The lowest BCUT2D eigenvalue weighted by atomic mass is 9.59. The van der Waals surface area contributed by atoms with E-state index in [1.54, 1.807) is 26.0 Å².